The summed E-state index contributed by atoms with van der Waals surface area (Å²) in [6.45, 7) is 2.07. The van der Waals surface area contributed by atoms with Gasteiger partial charge in [0.15, 0.2) is 0 Å². The molecule has 0 bridgehead atoms. The highest BCUT2D eigenvalue weighted by Crippen LogP contribution is 2.29. The number of thiophene rings is 1. The van der Waals surface area contributed by atoms with Crippen LogP contribution in [0.4, 0.5) is 9.39 Å². The van der Waals surface area contributed by atoms with Crippen LogP contribution in [0.15, 0.2) is 18.0 Å². The first-order valence-electron chi connectivity index (χ1n) is 5.62. The van der Waals surface area contributed by atoms with Gasteiger partial charge >= 0.3 is 5.97 Å². The zero-order chi connectivity index (χ0) is 12.3. The summed E-state index contributed by atoms with van der Waals surface area (Å²) < 4.78 is 12.9. The lowest BCUT2D eigenvalue weighted by Gasteiger charge is -2.27. The lowest BCUT2D eigenvalue weighted by atomic mass is 10.1. The van der Waals surface area contributed by atoms with Gasteiger partial charge in [0, 0.05) is 18.0 Å². The van der Waals surface area contributed by atoms with Gasteiger partial charge in [0.05, 0.1) is 5.00 Å². The van der Waals surface area contributed by atoms with E-state index < -0.39 is 11.8 Å². The van der Waals surface area contributed by atoms with E-state index in [1.54, 1.807) is 6.07 Å². The minimum atomic E-state index is -1.52. The van der Waals surface area contributed by atoms with E-state index in [0.29, 0.717) is 4.88 Å². The first-order valence-corrected chi connectivity index (χ1v) is 6.44. The Labute approximate surface area is 103 Å². The number of carboxylic acid groups (broad SMARTS) is 1. The normalized spacial score (nSPS) is 17.2. The molecule has 0 atom stereocenters. The van der Waals surface area contributed by atoms with Crippen LogP contribution < -0.4 is 4.90 Å². The summed E-state index contributed by atoms with van der Waals surface area (Å²) in [5.41, 5.74) is 0. The molecule has 1 saturated heterocycles. The van der Waals surface area contributed by atoms with Crippen molar-refractivity contribution in [1.82, 2.24) is 0 Å². The van der Waals surface area contributed by atoms with Crippen molar-refractivity contribution in [3.8, 4) is 0 Å². The number of anilines is 1. The fourth-order valence-electron chi connectivity index (χ4n) is 1.89. The molecular weight excluding hydrogens is 241 g/mol. The highest BCUT2D eigenvalue weighted by molar-refractivity contribution is 7.16. The molecule has 1 N–H and O–H groups in total. The molecule has 0 unspecified atom stereocenters. The minimum Gasteiger partial charge on any atom is -0.476 e. The Kier molecular flexibility index (Phi) is 3.78. The van der Waals surface area contributed by atoms with Crippen LogP contribution in [0.1, 0.15) is 24.1 Å². The largest absolute Gasteiger partial charge is 0.476 e. The molecule has 1 aromatic heterocycles. The van der Waals surface area contributed by atoms with Gasteiger partial charge in [-0.3, -0.25) is 0 Å². The Morgan fingerprint density at radius 1 is 1.35 bits per heavy atom. The predicted octanol–water partition coefficient (Wildman–Crippen LogP) is 3.13. The monoisotopic (exact) mass is 255 g/mol. The van der Waals surface area contributed by atoms with Gasteiger partial charge in [0.2, 0.25) is 5.83 Å². The molecule has 2 rings (SSSR count). The van der Waals surface area contributed by atoms with E-state index in [1.165, 1.54) is 30.6 Å². The Balaban J connectivity index is 2.10. The van der Waals surface area contributed by atoms with Crippen molar-refractivity contribution in [3.05, 3.63) is 22.8 Å². The van der Waals surface area contributed by atoms with Crippen LogP contribution in [0.5, 0.6) is 0 Å². The van der Waals surface area contributed by atoms with Gasteiger partial charge in [0.25, 0.3) is 0 Å². The molecule has 17 heavy (non-hydrogen) atoms. The van der Waals surface area contributed by atoms with Gasteiger partial charge in [-0.1, -0.05) is 0 Å². The molecule has 0 amide bonds. The number of nitrogens with zero attached hydrogens (tertiary/aromatic N) is 1. The SMILES string of the molecule is O=C(O)C(F)=Cc1ccc(N2CCCCC2)s1. The Hall–Kier alpha value is -1.36. The minimum absolute atomic E-state index is 0.644. The molecular formula is C12H14FNO2S. The van der Waals surface area contributed by atoms with E-state index in [4.69, 9.17) is 5.11 Å². The molecule has 0 saturated carbocycles. The van der Waals surface area contributed by atoms with Crippen molar-refractivity contribution in [3.63, 3.8) is 0 Å². The Morgan fingerprint density at radius 2 is 2.06 bits per heavy atom. The molecule has 92 valence electrons. The Morgan fingerprint density at radius 3 is 2.71 bits per heavy atom. The Bertz CT molecular complexity index is 435. The third-order valence-corrected chi connectivity index (χ3v) is 3.85. The number of carbonyl (C=O) groups is 1. The maximum Gasteiger partial charge on any atom is 0.364 e. The number of aliphatic carboxylic acids is 1. The number of hydrogen-bond donors (Lipinski definition) is 1. The van der Waals surface area contributed by atoms with E-state index in [1.807, 2.05) is 6.07 Å². The molecule has 1 aliphatic rings. The molecule has 0 radical (unpaired) electrons. The van der Waals surface area contributed by atoms with Crippen LogP contribution in [0, 0.1) is 0 Å². The van der Waals surface area contributed by atoms with Crippen molar-refractivity contribution in [2.45, 2.75) is 19.3 Å². The van der Waals surface area contributed by atoms with E-state index in [9.17, 15) is 9.18 Å². The van der Waals surface area contributed by atoms with Crippen molar-refractivity contribution in [2.24, 2.45) is 0 Å². The smallest absolute Gasteiger partial charge is 0.364 e. The summed E-state index contributed by atoms with van der Waals surface area (Å²) in [6.07, 6.45) is 4.71. The quantitative estimate of drug-likeness (QED) is 0.843. The van der Waals surface area contributed by atoms with Gasteiger partial charge in [-0.05, 0) is 37.5 Å². The molecule has 0 spiro atoms. The van der Waals surface area contributed by atoms with Crippen molar-refractivity contribution < 1.29 is 14.3 Å². The molecule has 3 nitrogen and oxygen atoms in total. The summed E-state index contributed by atoms with van der Waals surface area (Å²) in [5, 5.41) is 9.54. The maximum atomic E-state index is 12.9. The second-order valence-corrected chi connectivity index (χ2v) is 5.11. The molecule has 0 aromatic carbocycles. The summed E-state index contributed by atoms with van der Waals surface area (Å²) >= 11 is 1.43. The van der Waals surface area contributed by atoms with E-state index in [2.05, 4.69) is 4.90 Å². The lowest BCUT2D eigenvalue weighted by Crippen LogP contribution is -2.28. The van der Waals surface area contributed by atoms with Crippen LogP contribution in [0.2, 0.25) is 0 Å². The van der Waals surface area contributed by atoms with Crippen LogP contribution in [-0.4, -0.2) is 24.2 Å². The summed E-state index contributed by atoms with van der Waals surface area (Å²) in [4.78, 5) is 13.3. The number of carboxylic acids is 1. The average Bonchev–Trinajstić information content (AvgIpc) is 2.78. The van der Waals surface area contributed by atoms with Gasteiger partial charge in [-0.2, -0.15) is 4.39 Å². The van der Waals surface area contributed by atoms with Crippen molar-refractivity contribution in [1.29, 1.82) is 0 Å². The molecule has 1 aliphatic heterocycles. The number of piperidine rings is 1. The maximum absolute atomic E-state index is 12.9. The molecule has 1 fully saturated rings. The first-order chi connectivity index (χ1) is 8.16. The molecule has 0 aliphatic carbocycles. The van der Waals surface area contributed by atoms with Crippen molar-refractivity contribution >= 4 is 28.4 Å². The average molecular weight is 255 g/mol. The topological polar surface area (TPSA) is 40.5 Å². The van der Waals surface area contributed by atoms with Crippen LogP contribution in [-0.2, 0) is 4.79 Å². The fraction of sp³-hybridized carbons (Fsp3) is 0.417. The third-order valence-electron chi connectivity index (χ3n) is 2.75. The van der Waals surface area contributed by atoms with Crippen LogP contribution in [0.25, 0.3) is 6.08 Å². The predicted molar refractivity (Wildman–Crippen MR) is 67.1 cm³/mol. The molecule has 1 aromatic rings. The van der Waals surface area contributed by atoms with Crippen LogP contribution >= 0.6 is 11.3 Å². The van der Waals surface area contributed by atoms with E-state index >= 15 is 0 Å². The molecule has 2 heterocycles. The summed E-state index contributed by atoms with van der Waals surface area (Å²) in [5.74, 6) is -2.63. The lowest BCUT2D eigenvalue weighted by molar-refractivity contribution is -0.134. The first kappa shape index (κ1) is 12.1. The van der Waals surface area contributed by atoms with E-state index in [-0.39, 0.29) is 0 Å². The van der Waals surface area contributed by atoms with Crippen molar-refractivity contribution in [2.75, 3.05) is 18.0 Å². The van der Waals surface area contributed by atoms with Gasteiger partial charge in [-0.25, -0.2) is 4.79 Å². The van der Waals surface area contributed by atoms with Gasteiger partial charge in [-0.15, -0.1) is 11.3 Å². The fourth-order valence-corrected chi connectivity index (χ4v) is 2.88. The number of hydrogen-bond acceptors (Lipinski definition) is 3. The standard InChI is InChI=1S/C12H14FNO2S/c13-10(12(15)16)8-9-4-5-11(17-9)14-6-2-1-3-7-14/h4-5,8H,1-3,6-7H2,(H,15,16). The summed E-state index contributed by atoms with van der Waals surface area (Å²) in [6, 6.07) is 3.69. The number of rotatable bonds is 3. The summed E-state index contributed by atoms with van der Waals surface area (Å²) in [7, 11) is 0. The molecule has 5 heteroatoms. The van der Waals surface area contributed by atoms with Crippen LogP contribution in [0.3, 0.4) is 0 Å². The zero-order valence-electron chi connectivity index (χ0n) is 9.36. The highest BCUT2D eigenvalue weighted by Gasteiger charge is 2.13. The second-order valence-electron chi connectivity index (χ2n) is 4.02. The number of halogens is 1. The van der Waals surface area contributed by atoms with Gasteiger partial charge in [0.1, 0.15) is 0 Å². The third kappa shape index (κ3) is 3.06. The second kappa shape index (κ2) is 5.31. The zero-order valence-corrected chi connectivity index (χ0v) is 10.2. The highest BCUT2D eigenvalue weighted by atomic mass is 32.1. The van der Waals surface area contributed by atoms with Gasteiger partial charge < -0.3 is 10.0 Å². The van der Waals surface area contributed by atoms with E-state index in [0.717, 1.165) is 24.2 Å².